The van der Waals surface area contributed by atoms with E-state index in [1.54, 1.807) is 0 Å². The number of hydrogen-bond acceptors (Lipinski definition) is 2. The second-order valence-electron chi connectivity index (χ2n) is 5.62. The Balaban J connectivity index is 2.38. The van der Waals surface area contributed by atoms with Gasteiger partial charge in [-0.25, -0.2) is 0 Å². The molecule has 19 heavy (non-hydrogen) atoms. The van der Waals surface area contributed by atoms with Crippen molar-refractivity contribution in [1.29, 1.82) is 0 Å². The van der Waals surface area contributed by atoms with Crippen molar-refractivity contribution in [3.63, 3.8) is 0 Å². The molecule has 1 rings (SSSR count). The van der Waals surface area contributed by atoms with E-state index in [1.165, 1.54) is 5.56 Å². The third kappa shape index (κ3) is 6.82. The van der Waals surface area contributed by atoms with E-state index in [0.717, 1.165) is 18.7 Å². The lowest BCUT2D eigenvalue weighted by molar-refractivity contribution is 0.433. The van der Waals surface area contributed by atoms with Crippen LogP contribution in [0.1, 0.15) is 33.3 Å². The molecule has 4 N–H and O–H groups in total. The first-order chi connectivity index (χ1) is 8.90. The zero-order valence-corrected chi connectivity index (χ0v) is 12.5. The number of nitrogens with two attached hydrogens (primary N) is 1. The molecule has 106 valence electrons. The molecule has 0 fully saturated rings. The van der Waals surface area contributed by atoms with Gasteiger partial charge in [0.05, 0.1) is 6.54 Å². The molecule has 4 nitrogen and oxygen atoms in total. The van der Waals surface area contributed by atoms with E-state index in [2.05, 4.69) is 55.5 Å². The summed E-state index contributed by atoms with van der Waals surface area (Å²) in [6.07, 6.45) is 1.04. The SMILES string of the molecule is CCc1ccc(NC(N)=NCCNC(C)(C)C)cc1. The summed E-state index contributed by atoms with van der Waals surface area (Å²) < 4.78 is 0. The fraction of sp³-hybridized carbons (Fsp3) is 0.533. The number of guanidine groups is 1. The summed E-state index contributed by atoms with van der Waals surface area (Å²) in [4.78, 5) is 4.29. The summed E-state index contributed by atoms with van der Waals surface area (Å²) in [7, 11) is 0. The fourth-order valence-electron chi connectivity index (χ4n) is 1.62. The van der Waals surface area contributed by atoms with Crippen LogP contribution in [-0.2, 0) is 6.42 Å². The standard InChI is InChI=1S/C15H26N4/c1-5-12-6-8-13(9-7-12)19-14(16)17-10-11-18-15(2,3)4/h6-9,18H,5,10-11H2,1-4H3,(H3,16,17,19). The van der Waals surface area contributed by atoms with E-state index in [0.29, 0.717) is 12.5 Å². The maximum Gasteiger partial charge on any atom is 0.193 e. The van der Waals surface area contributed by atoms with E-state index in [-0.39, 0.29) is 5.54 Å². The minimum Gasteiger partial charge on any atom is -0.370 e. The molecule has 1 aromatic carbocycles. The zero-order valence-electron chi connectivity index (χ0n) is 12.5. The van der Waals surface area contributed by atoms with E-state index in [9.17, 15) is 0 Å². The van der Waals surface area contributed by atoms with Crippen LogP contribution < -0.4 is 16.4 Å². The molecule has 0 aliphatic rings. The largest absolute Gasteiger partial charge is 0.370 e. The molecule has 0 atom stereocenters. The number of aryl methyl sites for hydroxylation is 1. The van der Waals surface area contributed by atoms with Gasteiger partial charge in [0.2, 0.25) is 0 Å². The molecule has 0 saturated heterocycles. The molecule has 0 amide bonds. The highest BCUT2D eigenvalue weighted by Crippen LogP contribution is 2.09. The van der Waals surface area contributed by atoms with Crippen LogP contribution in [0.25, 0.3) is 0 Å². The number of aliphatic imine (C=N–C) groups is 1. The van der Waals surface area contributed by atoms with Gasteiger partial charge in [0.1, 0.15) is 0 Å². The number of benzene rings is 1. The summed E-state index contributed by atoms with van der Waals surface area (Å²) in [5.41, 5.74) is 8.25. The lowest BCUT2D eigenvalue weighted by atomic mass is 10.1. The maximum atomic E-state index is 5.84. The molecular weight excluding hydrogens is 236 g/mol. The van der Waals surface area contributed by atoms with Crippen LogP contribution >= 0.6 is 0 Å². The predicted molar refractivity (Wildman–Crippen MR) is 83.7 cm³/mol. The molecule has 0 aliphatic heterocycles. The van der Waals surface area contributed by atoms with Crippen LogP contribution in [0.5, 0.6) is 0 Å². The number of nitrogens with zero attached hydrogens (tertiary/aromatic N) is 1. The van der Waals surface area contributed by atoms with Crippen molar-refractivity contribution in [3.05, 3.63) is 29.8 Å². The molecule has 4 heteroatoms. The average molecular weight is 262 g/mol. The van der Waals surface area contributed by atoms with Crippen molar-refractivity contribution >= 4 is 11.6 Å². The lowest BCUT2D eigenvalue weighted by Crippen LogP contribution is -2.37. The second-order valence-corrected chi connectivity index (χ2v) is 5.62. The van der Waals surface area contributed by atoms with Crippen molar-refractivity contribution in [2.45, 2.75) is 39.7 Å². The summed E-state index contributed by atoms with van der Waals surface area (Å²) in [5, 5.41) is 6.46. The number of rotatable bonds is 5. The first kappa shape index (κ1) is 15.5. The number of nitrogens with one attached hydrogen (secondary N) is 2. The van der Waals surface area contributed by atoms with Crippen LogP contribution in [0.15, 0.2) is 29.3 Å². The Morgan fingerprint density at radius 3 is 2.37 bits per heavy atom. The molecule has 0 bridgehead atoms. The van der Waals surface area contributed by atoms with Crippen molar-refractivity contribution in [3.8, 4) is 0 Å². The van der Waals surface area contributed by atoms with Crippen molar-refractivity contribution in [1.82, 2.24) is 5.32 Å². The molecular formula is C15H26N4. The van der Waals surface area contributed by atoms with Crippen molar-refractivity contribution in [2.75, 3.05) is 18.4 Å². The highest BCUT2D eigenvalue weighted by molar-refractivity contribution is 5.92. The Labute approximate surface area is 116 Å². The van der Waals surface area contributed by atoms with Crippen LogP contribution in [0.2, 0.25) is 0 Å². The van der Waals surface area contributed by atoms with Gasteiger partial charge in [0.25, 0.3) is 0 Å². The normalized spacial score (nSPS) is 12.5. The van der Waals surface area contributed by atoms with Crippen LogP contribution in [-0.4, -0.2) is 24.6 Å². The summed E-state index contributed by atoms with van der Waals surface area (Å²) >= 11 is 0. The first-order valence-electron chi connectivity index (χ1n) is 6.81. The molecule has 1 aromatic rings. The van der Waals surface area contributed by atoms with Gasteiger partial charge in [0.15, 0.2) is 5.96 Å². The van der Waals surface area contributed by atoms with E-state index in [4.69, 9.17) is 5.73 Å². The van der Waals surface area contributed by atoms with E-state index < -0.39 is 0 Å². The van der Waals surface area contributed by atoms with Gasteiger partial charge in [-0.2, -0.15) is 0 Å². The third-order valence-corrected chi connectivity index (χ3v) is 2.68. The van der Waals surface area contributed by atoms with Gasteiger partial charge in [-0.05, 0) is 44.9 Å². The lowest BCUT2D eigenvalue weighted by Gasteiger charge is -2.19. The molecule has 0 heterocycles. The highest BCUT2D eigenvalue weighted by Gasteiger charge is 2.06. The molecule has 0 aliphatic carbocycles. The van der Waals surface area contributed by atoms with Crippen LogP contribution in [0, 0.1) is 0 Å². The number of anilines is 1. The molecule has 0 radical (unpaired) electrons. The van der Waals surface area contributed by atoms with E-state index in [1.807, 2.05) is 12.1 Å². The third-order valence-electron chi connectivity index (χ3n) is 2.68. The Kier molecular flexibility index (Phi) is 5.83. The van der Waals surface area contributed by atoms with E-state index >= 15 is 0 Å². The quantitative estimate of drug-likeness (QED) is 0.434. The van der Waals surface area contributed by atoms with Gasteiger partial charge in [-0.1, -0.05) is 19.1 Å². The second kappa shape index (κ2) is 7.14. The molecule has 0 unspecified atom stereocenters. The monoisotopic (exact) mass is 262 g/mol. The predicted octanol–water partition coefficient (Wildman–Crippen LogP) is 2.36. The fourth-order valence-corrected chi connectivity index (χ4v) is 1.62. The van der Waals surface area contributed by atoms with Crippen molar-refractivity contribution < 1.29 is 0 Å². The topological polar surface area (TPSA) is 62.4 Å². The van der Waals surface area contributed by atoms with Crippen LogP contribution in [0.4, 0.5) is 5.69 Å². The molecule has 0 spiro atoms. The Morgan fingerprint density at radius 2 is 1.84 bits per heavy atom. The maximum absolute atomic E-state index is 5.84. The Bertz CT molecular complexity index is 401. The summed E-state index contributed by atoms with van der Waals surface area (Å²) in [6.45, 7) is 10.0. The molecule has 0 saturated carbocycles. The van der Waals surface area contributed by atoms with Gasteiger partial charge < -0.3 is 16.4 Å². The Morgan fingerprint density at radius 1 is 1.21 bits per heavy atom. The smallest absolute Gasteiger partial charge is 0.193 e. The highest BCUT2D eigenvalue weighted by atomic mass is 15.1. The zero-order chi connectivity index (χ0) is 14.3. The van der Waals surface area contributed by atoms with Crippen LogP contribution in [0.3, 0.4) is 0 Å². The Hall–Kier alpha value is -1.55. The minimum absolute atomic E-state index is 0.119. The van der Waals surface area contributed by atoms with Crippen molar-refractivity contribution in [2.24, 2.45) is 10.7 Å². The average Bonchev–Trinajstić information content (AvgIpc) is 2.34. The van der Waals surface area contributed by atoms with Gasteiger partial charge in [-0.3, -0.25) is 4.99 Å². The number of hydrogen-bond donors (Lipinski definition) is 3. The van der Waals surface area contributed by atoms with Gasteiger partial charge in [0, 0.05) is 17.8 Å². The molecule has 0 aromatic heterocycles. The van der Waals surface area contributed by atoms with Gasteiger partial charge >= 0.3 is 0 Å². The summed E-state index contributed by atoms with van der Waals surface area (Å²) in [6, 6.07) is 8.23. The summed E-state index contributed by atoms with van der Waals surface area (Å²) in [5.74, 6) is 0.458. The first-order valence-corrected chi connectivity index (χ1v) is 6.81. The minimum atomic E-state index is 0.119. The van der Waals surface area contributed by atoms with Gasteiger partial charge in [-0.15, -0.1) is 0 Å².